The Hall–Kier alpha value is -2.74. The number of rotatable bonds is 6. The lowest BCUT2D eigenvalue weighted by Crippen LogP contribution is -2.37. The molecule has 0 aliphatic heterocycles. The molecule has 1 unspecified atom stereocenters. The van der Waals surface area contributed by atoms with Gasteiger partial charge in [0, 0.05) is 17.7 Å². The maximum atomic E-state index is 13.7. The number of amides is 2. The van der Waals surface area contributed by atoms with Crippen molar-refractivity contribution in [3.8, 4) is 0 Å². The minimum atomic E-state index is -4.81. The number of nitrogens with one attached hydrogen (secondary N) is 2. The molecule has 0 radical (unpaired) electrons. The summed E-state index contributed by atoms with van der Waals surface area (Å²) in [5, 5.41) is 5.84. The Morgan fingerprint density at radius 2 is 1.60 bits per heavy atom. The largest absolute Gasteiger partial charge is 0.412 e. The third-order valence-corrected chi connectivity index (χ3v) is 6.68. The van der Waals surface area contributed by atoms with Crippen LogP contribution in [0.3, 0.4) is 0 Å². The topological polar surface area (TPSA) is 58.2 Å². The molecule has 1 aliphatic rings. The summed E-state index contributed by atoms with van der Waals surface area (Å²) in [7, 11) is 0. The molecule has 0 saturated heterocycles. The van der Waals surface area contributed by atoms with Gasteiger partial charge in [0.05, 0.1) is 15.1 Å². The summed E-state index contributed by atoms with van der Waals surface area (Å²) >= 11 is 17.6. The summed E-state index contributed by atoms with van der Waals surface area (Å²) < 4.78 is 41.2. The standard InChI is InChI=1S/C25H18Cl3F3N2O2/c26-19-11-14(12-20(27)22(19)28)23(25(29,30)31)33-21(34)10-6-13-5-9-18(24(35)32-15-7-8-15)17-4-2-1-3-16(13)17/h1-6,9-12,15,23H,7-8H2,(H,32,35)(H,33,34)/b10-6+. The van der Waals surface area contributed by atoms with Crippen LogP contribution in [0.15, 0.2) is 54.6 Å². The van der Waals surface area contributed by atoms with Crippen LogP contribution in [0.1, 0.15) is 40.4 Å². The smallest absolute Gasteiger partial charge is 0.349 e. The Kier molecular flexibility index (Phi) is 7.31. The van der Waals surface area contributed by atoms with Crippen molar-refractivity contribution in [3.63, 3.8) is 0 Å². The monoisotopic (exact) mass is 540 g/mol. The second kappa shape index (κ2) is 10.1. The highest BCUT2D eigenvalue weighted by Gasteiger charge is 2.42. The quantitative estimate of drug-likeness (QED) is 0.258. The average molecular weight is 542 g/mol. The molecule has 3 aromatic carbocycles. The van der Waals surface area contributed by atoms with Crippen molar-refractivity contribution in [2.24, 2.45) is 0 Å². The van der Waals surface area contributed by atoms with Crippen molar-refractivity contribution >= 4 is 63.5 Å². The number of hydrogen-bond donors (Lipinski definition) is 2. The van der Waals surface area contributed by atoms with Crippen LogP contribution in [-0.2, 0) is 4.79 Å². The van der Waals surface area contributed by atoms with Crippen LogP contribution in [0, 0.1) is 0 Å². The molecule has 2 amide bonds. The van der Waals surface area contributed by atoms with Crippen LogP contribution < -0.4 is 10.6 Å². The van der Waals surface area contributed by atoms with Crippen LogP contribution >= 0.6 is 34.8 Å². The Balaban J connectivity index is 1.59. The predicted octanol–water partition coefficient (Wildman–Crippen LogP) is 7.13. The van der Waals surface area contributed by atoms with Crippen molar-refractivity contribution in [3.05, 3.63) is 86.4 Å². The molecule has 182 valence electrons. The van der Waals surface area contributed by atoms with E-state index >= 15 is 0 Å². The first-order valence-electron chi connectivity index (χ1n) is 10.6. The van der Waals surface area contributed by atoms with E-state index in [1.54, 1.807) is 36.4 Å². The number of alkyl halides is 3. The molecule has 1 saturated carbocycles. The second-order valence-electron chi connectivity index (χ2n) is 8.11. The van der Waals surface area contributed by atoms with Gasteiger partial charge < -0.3 is 10.6 Å². The second-order valence-corrected chi connectivity index (χ2v) is 9.30. The molecule has 1 atom stereocenters. The number of hydrogen-bond acceptors (Lipinski definition) is 2. The molecule has 35 heavy (non-hydrogen) atoms. The first-order valence-corrected chi connectivity index (χ1v) is 11.7. The van der Waals surface area contributed by atoms with Gasteiger partial charge in [-0.25, -0.2) is 0 Å². The molecule has 0 heterocycles. The van der Waals surface area contributed by atoms with Gasteiger partial charge in [-0.1, -0.05) is 65.1 Å². The zero-order valence-electron chi connectivity index (χ0n) is 17.9. The summed E-state index contributed by atoms with van der Waals surface area (Å²) in [6.45, 7) is 0. The van der Waals surface area contributed by atoms with Gasteiger partial charge in [-0.15, -0.1) is 0 Å². The van der Waals surface area contributed by atoms with Crippen molar-refractivity contribution in [1.82, 2.24) is 10.6 Å². The highest BCUT2D eigenvalue weighted by Crippen LogP contribution is 2.38. The average Bonchev–Trinajstić information content (AvgIpc) is 3.62. The van der Waals surface area contributed by atoms with E-state index < -0.39 is 18.1 Å². The van der Waals surface area contributed by atoms with Gasteiger partial charge in [-0.3, -0.25) is 9.59 Å². The summed E-state index contributed by atoms with van der Waals surface area (Å²) in [5.41, 5.74) is 0.706. The number of carbonyl (C=O) groups excluding carboxylic acids is 2. The van der Waals surface area contributed by atoms with Crippen LogP contribution in [0.2, 0.25) is 15.1 Å². The van der Waals surface area contributed by atoms with Gasteiger partial charge in [-0.05, 0) is 59.0 Å². The zero-order valence-corrected chi connectivity index (χ0v) is 20.2. The number of halogens is 6. The Morgan fingerprint density at radius 1 is 0.971 bits per heavy atom. The van der Waals surface area contributed by atoms with Crippen molar-refractivity contribution in [2.45, 2.75) is 31.1 Å². The Bertz CT molecular complexity index is 1310. The summed E-state index contributed by atoms with van der Waals surface area (Å²) in [4.78, 5) is 25.0. The predicted molar refractivity (Wildman–Crippen MR) is 132 cm³/mol. The highest BCUT2D eigenvalue weighted by atomic mass is 35.5. The van der Waals surface area contributed by atoms with E-state index in [-0.39, 0.29) is 32.6 Å². The fourth-order valence-corrected chi connectivity index (χ4v) is 4.22. The molecule has 3 aromatic rings. The molecular formula is C25H18Cl3F3N2O2. The number of fused-ring (bicyclic) bond motifs is 1. The van der Waals surface area contributed by atoms with E-state index in [1.807, 2.05) is 5.32 Å². The zero-order chi connectivity index (χ0) is 25.3. The lowest BCUT2D eigenvalue weighted by Gasteiger charge is -2.22. The lowest BCUT2D eigenvalue weighted by atomic mass is 9.98. The Morgan fingerprint density at radius 3 is 2.20 bits per heavy atom. The summed E-state index contributed by atoms with van der Waals surface area (Å²) in [6.07, 6.45) is -0.508. The van der Waals surface area contributed by atoms with E-state index in [9.17, 15) is 22.8 Å². The van der Waals surface area contributed by atoms with E-state index in [4.69, 9.17) is 34.8 Å². The first kappa shape index (κ1) is 25.4. The molecule has 0 bridgehead atoms. The van der Waals surface area contributed by atoms with Crippen LogP contribution in [-0.4, -0.2) is 24.0 Å². The minimum Gasteiger partial charge on any atom is -0.349 e. The molecule has 1 aliphatic carbocycles. The molecule has 0 aromatic heterocycles. The van der Waals surface area contributed by atoms with E-state index in [1.165, 1.54) is 6.08 Å². The molecule has 10 heteroatoms. The SMILES string of the molecule is O=C(/C=C/c1ccc(C(=O)NC2CC2)c2ccccc12)NC(c1cc(Cl)c(Cl)c(Cl)c1)C(F)(F)F. The van der Waals surface area contributed by atoms with Crippen LogP contribution in [0.25, 0.3) is 16.8 Å². The number of carbonyl (C=O) groups is 2. The normalized spacial score (nSPS) is 14.8. The fourth-order valence-electron chi connectivity index (χ4n) is 3.61. The molecule has 0 spiro atoms. The fraction of sp³-hybridized carbons (Fsp3) is 0.200. The van der Waals surface area contributed by atoms with Gasteiger partial charge in [0.2, 0.25) is 5.91 Å². The van der Waals surface area contributed by atoms with Crippen molar-refractivity contribution < 1.29 is 22.8 Å². The molecular weight excluding hydrogens is 524 g/mol. The third-order valence-electron chi connectivity index (χ3n) is 5.48. The molecule has 4 rings (SSSR count). The first-order chi connectivity index (χ1) is 16.5. The highest BCUT2D eigenvalue weighted by molar-refractivity contribution is 6.48. The molecule has 2 N–H and O–H groups in total. The van der Waals surface area contributed by atoms with Crippen molar-refractivity contribution in [1.29, 1.82) is 0 Å². The van der Waals surface area contributed by atoms with E-state index in [0.717, 1.165) is 31.1 Å². The van der Waals surface area contributed by atoms with Crippen molar-refractivity contribution in [2.75, 3.05) is 0 Å². The molecule has 4 nitrogen and oxygen atoms in total. The molecule has 1 fully saturated rings. The van der Waals surface area contributed by atoms with Gasteiger partial charge in [0.1, 0.15) is 0 Å². The van der Waals surface area contributed by atoms with Crippen LogP contribution in [0.5, 0.6) is 0 Å². The van der Waals surface area contributed by atoms with Gasteiger partial charge in [0.25, 0.3) is 5.91 Å². The summed E-state index contributed by atoms with van der Waals surface area (Å²) in [6, 6.07) is 10.3. The Labute approximate surface area is 214 Å². The minimum absolute atomic E-state index is 0.0784. The number of benzene rings is 3. The lowest BCUT2D eigenvalue weighted by molar-refractivity contribution is -0.162. The maximum absolute atomic E-state index is 13.7. The van der Waals surface area contributed by atoms with E-state index in [2.05, 4.69) is 5.32 Å². The summed E-state index contributed by atoms with van der Waals surface area (Å²) in [5.74, 6) is -1.17. The van der Waals surface area contributed by atoms with Gasteiger partial charge >= 0.3 is 6.18 Å². The van der Waals surface area contributed by atoms with Gasteiger partial charge in [-0.2, -0.15) is 13.2 Å². The van der Waals surface area contributed by atoms with Gasteiger partial charge in [0.15, 0.2) is 6.04 Å². The van der Waals surface area contributed by atoms with Crippen LogP contribution in [0.4, 0.5) is 13.2 Å². The van der Waals surface area contributed by atoms with E-state index in [0.29, 0.717) is 21.9 Å². The maximum Gasteiger partial charge on any atom is 0.412 e. The third kappa shape index (κ3) is 5.92.